The van der Waals surface area contributed by atoms with Crippen molar-refractivity contribution in [3.8, 4) is 6.07 Å². The maximum atomic E-state index is 15.6. The summed E-state index contributed by atoms with van der Waals surface area (Å²) < 4.78 is 15.6. The summed E-state index contributed by atoms with van der Waals surface area (Å²) in [5.74, 6) is -3.15. The lowest BCUT2D eigenvalue weighted by atomic mass is 9.60. The number of allylic oxidation sites excluding steroid dienone is 2. The van der Waals surface area contributed by atoms with Crippen LogP contribution in [0.1, 0.15) is 89.8 Å². The number of benzene rings is 3. The summed E-state index contributed by atoms with van der Waals surface area (Å²) in [6.07, 6.45) is 3.32. The molecule has 53 heavy (non-hydrogen) atoms. The van der Waals surface area contributed by atoms with Crippen molar-refractivity contribution < 1.29 is 28.7 Å². The molecule has 8 rings (SSSR count). The van der Waals surface area contributed by atoms with Crippen LogP contribution in [0.5, 0.6) is 0 Å². The predicted octanol–water partition coefficient (Wildman–Crippen LogP) is 6.23. The first-order valence-electron chi connectivity index (χ1n) is 17.9. The maximum absolute atomic E-state index is 15.6. The highest BCUT2D eigenvalue weighted by Crippen LogP contribution is 2.55. The number of aliphatic hydroxyl groups excluding tert-OH is 1. The lowest BCUT2D eigenvalue weighted by molar-refractivity contribution is -0.136. The Labute approximate surface area is 306 Å². The standard InChI is InChI=1S/C41H39FN6O5/c1-22-4-5-25(36(23(2)44)24(3)49)14-33(22)47(27-8-6-26(7-9-27)41(19-43)12-13-41)28-17-40(18-28)20-46(21-40)34-16-30-29(15-31(34)42)38(52)48(39(30)53)32-10-11-35(50)45-37(32)51/h4-9,14-16,28,32,44,49H,10-13,17-18,20-21H2,1-3H3,(H,45,50,51)/b36-24+,44-23?. The van der Waals surface area contributed by atoms with Crippen LogP contribution in [-0.2, 0) is 15.0 Å². The van der Waals surface area contributed by atoms with E-state index in [-0.39, 0.29) is 52.6 Å². The van der Waals surface area contributed by atoms with Gasteiger partial charge in [-0.15, -0.1) is 0 Å². The zero-order chi connectivity index (χ0) is 37.6. The monoisotopic (exact) mass is 714 g/mol. The van der Waals surface area contributed by atoms with Crippen molar-refractivity contribution in [2.75, 3.05) is 22.9 Å². The number of halogens is 1. The molecule has 11 nitrogen and oxygen atoms in total. The zero-order valence-electron chi connectivity index (χ0n) is 29.8. The molecule has 0 radical (unpaired) electrons. The van der Waals surface area contributed by atoms with Gasteiger partial charge in [-0.1, -0.05) is 24.3 Å². The minimum atomic E-state index is -1.13. The summed E-state index contributed by atoms with van der Waals surface area (Å²) in [4.78, 5) is 55.8. The van der Waals surface area contributed by atoms with Crippen molar-refractivity contribution in [2.24, 2.45) is 5.41 Å². The topological polar surface area (TPSA) is 158 Å². The Bertz CT molecular complexity index is 2220. The van der Waals surface area contributed by atoms with Gasteiger partial charge in [-0.25, -0.2) is 4.39 Å². The zero-order valence-corrected chi connectivity index (χ0v) is 29.8. The van der Waals surface area contributed by atoms with E-state index in [0.717, 1.165) is 64.7 Å². The number of carbonyl (C=O) groups is 4. The summed E-state index contributed by atoms with van der Waals surface area (Å²) in [6, 6.07) is 18.0. The van der Waals surface area contributed by atoms with Crippen LogP contribution in [0.3, 0.4) is 0 Å². The number of aryl methyl sites for hydroxylation is 1. The lowest BCUT2D eigenvalue weighted by Gasteiger charge is -2.62. The normalized spacial score (nSPS) is 21.7. The third kappa shape index (κ3) is 5.48. The van der Waals surface area contributed by atoms with Gasteiger partial charge in [0.15, 0.2) is 0 Å². The van der Waals surface area contributed by atoms with Gasteiger partial charge in [-0.3, -0.25) is 29.4 Å². The van der Waals surface area contributed by atoms with Gasteiger partial charge in [0.2, 0.25) is 11.8 Å². The number of imide groups is 2. The van der Waals surface area contributed by atoms with Crippen LogP contribution in [-0.4, -0.2) is 64.5 Å². The highest BCUT2D eigenvalue weighted by molar-refractivity contribution is 6.24. The van der Waals surface area contributed by atoms with Crippen molar-refractivity contribution in [1.82, 2.24) is 10.2 Å². The van der Waals surface area contributed by atoms with Gasteiger partial charge in [-0.2, -0.15) is 5.26 Å². The Morgan fingerprint density at radius 2 is 1.66 bits per heavy atom. The summed E-state index contributed by atoms with van der Waals surface area (Å²) in [6.45, 7) is 6.37. The number of amides is 4. The fourth-order valence-corrected chi connectivity index (χ4v) is 8.83. The average molecular weight is 715 g/mol. The van der Waals surface area contributed by atoms with Gasteiger partial charge in [-0.05, 0) is 99.9 Å². The summed E-state index contributed by atoms with van der Waals surface area (Å²) in [5.41, 5.74) is 5.08. The number of carbonyl (C=O) groups excluding carboxylic acids is 4. The van der Waals surface area contributed by atoms with Gasteiger partial charge in [0, 0.05) is 53.6 Å². The van der Waals surface area contributed by atoms with Crippen LogP contribution in [0.25, 0.3) is 5.57 Å². The molecule has 1 atom stereocenters. The van der Waals surface area contributed by atoms with Crippen molar-refractivity contribution >= 4 is 52.0 Å². The SMILES string of the molecule is CC(=N)/C(=C(/C)O)c1ccc(C)c(N(c2ccc(C3(C#N)CC3)cc2)C2CC3(C2)CN(c2cc4c(cc2F)C(=O)N(C2CCC(=O)NC2=O)C4=O)C3)c1. The first-order chi connectivity index (χ1) is 25.2. The van der Waals surface area contributed by atoms with E-state index in [1.807, 2.05) is 42.2 Å². The molecule has 1 spiro atoms. The van der Waals surface area contributed by atoms with Crippen LogP contribution in [0.2, 0.25) is 0 Å². The molecule has 270 valence electrons. The van der Waals surface area contributed by atoms with Crippen molar-refractivity contribution in [1.29, 1.82) is 10.7 Å². The Morgan fingerprint density at radius 3 is 2.25 bits per heavy atom. The molecule has 3 aromatic rings. The number of aliphatic hydroxyl groups is 1. The number of nitriles is 1. The molecule has 0 aromatic heterocycles. The third-order valence-corrected chi connectivity index (χ3v) is 11.8. The van der Waals surface area contributed by atoms with E-state index in [2.05, 4.69) is 28.4 Å². The molecule has 3 aliphatic heterocycles. The second-order valence-corrected chi connectivity index (χ2v) is 15.4. The molecule has 3 N–H and O–H groups in total. The van der Waals surface area contributed by atoms with E-state index in [0.29, 0.717) is 18.7 Å². The molecular weight excluding hydrogens is 675 g/mol. The Hall–Kier alpha value is -5.83. The minimum absolute atomic E-state index is 0.000216. The van der Waals surface area contributed by atoms with E-state index < -0.39 is 40.9 Å². The van der Waals surface area contributed by atoms with Gasteiger partial charge in [0.1, 0.15) is 11.9 Å². The van der Waals surface area contributed by atoms with Gasteiger partial charge in [0.25, 0.3) is 11.8 Å². The molecule has 5 aliphatic rings. The van der Waals surface area contributed by atoms with Crippen molar-refractivity contribution in [3.05, 3.63) is 94.0 Å². The first kappa shape index (κ1) is 34.3. The molecule has 4 fully saturated rings. The Balaban J connectivity index is 1.04. The number of anilines is 3. The minimum Gasteiger partial charge on any atom is -0.512 e. The number of rotatable bonds is 8. The van der Waals surface area contributed by atoms with E-state index in [1.165, 1.54) is 6.07 Å². The van der Waals surface area contributed by atoms with Gasteiger partial charge >= 0.3 is 0 Å². The highest BCUT2D eigenvalue weighted by atomic mass is 19.1. The van der Waals surface area contributed by atoms with E-state index in [1.54, 1.807) is 13.8 Å². The van der Waals surface area contributed by atoms with Crippen LogP contribution < -0.4 is 15.1 Å². The number of fused-ring (bicyclic) bond motifs is 1. The number of piperidine rings is 1. The molecule has 2 saturated carbocycles. The highest BCUT2D eigenvalue weighted by Gasteiger charge is 2.55. The molecular formula is C41H39FN6O5. The molecule has 0 bridgehead atoms. The molecule has 12 heteroatoms. The van der Waals surface area contributed by atoms with Crippen LogP contribution in [0, 0.1) is 34.9 Å². The van der Waals surface area contributed by atoms with Crippen LogP contribution in [0.15, 0.2) is 60.4 Å². The lowest BCUT2D eigenvalue weighted by Crippen LogP contribution is -2.66. The van der Waals surface area contributed by atoms with Gasteiger partial charge in [0.05, 0.1) is 34.1 Å². The average Bonchev–Trinajstić information content (AvgIpc) is 3.84. The molecule has 3 heterocycles. The van der Waals surface area contributed by atoms with Crippen molar-refractivity contribution in [3.63, 3.8) is 0 Å². The molecule has 2 saturated heterocycles. The van der Waals surface area contributed by atoms with E-state index in [9.17, 15) is 29.5 Å². The maximum Gasteiger partial charge on any atom is 0.262 e. The van der Waals surface area contributed by atoms with Gasteiger partial charge < -0.3 is 20.3 Å². The molecule has 4 amide bonds. The smallest absolute Gasteiger partial charge is 0.262 e. The number of hydrogen-bond acceptors (Lipinski definition) is 9. The number of nitrogens with one attached hydrogen (secondary N) is 2. The summed E-state index contributed by atoms with van der Waals surface area (Å²) in [5, 5.41) is 30.8. The Morgan fingerprint density at radius 1 is 1.00 bits per heavy atom. The molecule has 2 aliphatic carbocycles. The molecule has 1 unspecified atom stereocenters. The second kappa shape index (κ2) is 12.1. The molecule has 3 aromatic carbocycles. The van der Waals surface area contributed by atoms with E-state index in [4.69, 9.17) is 5.41 Å². The van der Waals surface area contributed by atoms with E-state index >= 15 is 4.39 Å². The number of nitrogens with zero attached hydrogens (tertiary/aromatic N) is 4. The fourth-order valence-electron chi connectivity index (χ4n) is 8.83. The summed E-state index contributed by atoms with van der Waals surface area (Å²) >= 11 is 0. The third-order valence-electron chi connectivity index (χ3n) is 11.8. The number of hydrogen-bond donors (Lipinski definition) is 3. The Kier molecular flexibility index (Phi) is 7.83. The first-order valence-corrected chi connectivity index (χ1v) is 17.9. The fraction of sp³-hybridized carbons (Fsp3) is 0.366. The van der Waals surface area contributed by atoms with Crippen molar-refractivity contribution in [2.45, 2.75) is 76.8 Å². The van der Waals surface area contributed by atoms with Crippen LogP contribution >= 0.6 is 0 Å². The quantitative estimate of drug-likeness (QED) is 0.141. The predicted molar refractivity (Wildman–Crippen MR) is 196 cm³/mol. The summed E-state index contributed by atoms with van der Waals surface area (Å²) in [7, 11) is 0. The largest absolute Gasteiger partial charge is 0.512 e. The van der Waals surface area contributed by atoms with Crippen LogP contribution in [0.4, 0.5) is 21.5 Å². The second-order valence-electron chi connectivity index (χ2n) is 15.4.